The second-order valence-electron chi connectivity index (χ2n) is 3.39. The van der Waals surface area contributed by atoms with E-state index in [9.17, 15) is 0 Å². The molecule has 2 rings (SSSR count). The Hall–Kier alpha value is -1.05. The van der Waals surface area contributed by atoms with Crippen LogP contribution in [0.3, 0.4) is 0 Å². The van der Waals surface area contributed by atoms with Crippen molar-refractivity contribution in [1.82, 2.24) is 9.97 Å². The summed E-state index contributed by atoms with van der Waals surface area (Å²) in [6.45, 7) is 2.04. The maximum absolute atomic E-state index is 4.32. The highest BCUT2D eigenvalue weighted by atomic mass is 14.9. The number of aromatic nitrogens is 2. The van der Waals surface area contributed by atoms with E-state index in [1.54, 1.807) is 0 Å². The molecule has 2 nitrogen and oxygen atoms in total. The van der Waals surface area contributed by atoms with E-state index in [1.165, 1.54) is 31.3 Å². The van der Waals surface area contributed by atoms with Gasteiger partial charge in [-0.25, -0.2) is 4.98 Å². The lowest BCUT2D eigenvalue weighted by Gasteiger charge is -2.09. The predicted octanol–water partition coefficient (Wildman–Crippen LogP) is 2.68. The fourth-order valence-corrected chi connectivity index (χ4v) is 1.63. The van der Waals surface area contributed by atoms with Crippen molar-refractivity contribution in [2.75, 3.05) is 0 Å². The first-order valence-electron chi connectivity index (χ1n) is 4.57. The van der Waals surface area contributed by atoms with Crippen molar-refractivity contribution in [3.63, 3.8) is 0 Å². The van der Waals surface area contributed by atoms with Gasteiger partial charge >= 0.3 is 0 Å². The van der Waals surface area contributed by atoms with Crippen molar-refractivity contribution >= 4 is 5.57 Å². The Kier molecular flexibility index (Phi) is 1.98. The maximum atomic E-state index is 4.32. The van der Waals surface area contributed by atoms with Gasteiger partial charge in [-0.1, -0.05) is 6.08 Å². The molecule has 1 heterocycles. The van der Waals surface area contributed by atoms with E-state index < -0.39 is 0 Å². The van der Waals surface area contributed by atoms with Crippen molar-refractivity contribution in [2.24, 2.45) is 0 Å². The van der Waals surface area contributed by atoms with Gasteiger partial charge < -0.3 is 4.98 Å². The Labute approximate surface area is 72.7 Å². The SMILES string of the molecule is Cc1cnc(C2=CCCCC2)[nH]1. The summed E-state index contributed by atoms with van der Waals surface area (Å²) in [7, 11) is 0. The predicted molar refractivity (Wildman–Crippen MR) is 49.8 cm³/mol. The largest absolute Gasteiger partial charge is 0.342 e. The molecule has 0 aromatic carbocycles. The molecule has 0 amide bonds. The molecule has 64 valence electrons. The zero-order chi connectivity index (χ0) is 8.39. The Bertz CT molecular complexity index is 297. The molecule has 0 fully saturated rings. The van der Waals surface area contributed by atoms with Crippen LogP contribution in [0.25, 0.3) is 5.57 Å². The van der Waals surface area contributed by atoms with E-state index >= 15 is 0 Å². The van der Waals surface area contributed by atoms with Gasteiger partial charge in [-0.2, -0.15) is 0 Å². The standard InChI is InChI=1S/C10H14N2/c1-8-7-11-10(12-8)9-5-3-2-4-6-9/h5,7H,2-4,6H2,1H3,(H,11,12). The van der Waals surface area contributed by atoms with Crippen molar-refractivity contribution in [2.45, 2.75) is 32.6 Å². The monoisotopic (exact) mass is 162 g/mol. The highest BCUT2D eigenvalue weighted by molar-refractivity contribution is 5.60. The Balaban J connectivity index is 2.23. The molecular weight excluding hydrogens is 148 g/mol. The molecule has 0 spiro atoms. The van der Waals surface area contributed by atoms with Gasteiger partial charge in [-0.15, -0.1) is 0 Å². The highest BCUT2D eigenvalue weighted by Gasteiger charge is 2.07. The molecule has 0 aliphatic heterocycles. The van der Waals surface area contributed by atoms with Gasteiger partial charge in [0.25, 0.3) is 0 Å². The number of aryl methyl sites for hydroxylation is 1. The van der Waals surface area contributed by atoms with Gasteiger partial charge in [0, 0.05) is 11.9 Å². The second kappa shape index (κ2) is 3.13. The van der Waals surface area contributed by atoms with Crippen molar-refractivity contribution in [3.05, 3.63) is 23.8 Å². The normalized spacial score (nSPS) is 17.6. The molecule has 0 saturated carbocycles. The number of nitrogens with one attached hydrogen (secondary N) is 1. The van der Waals surface area contributed by atoms with Crippen LogP contribution in [0.1, 0.15) is 37.2 Å². The summed E-state index contributed by atoms with van der Waals surface area (Å²) in [6, 6.07) is 0. The van der Waals surface area contributed by atoms with Crippen LogP contribution < -0.4 is 0 Å². The number of nitrogens with zero attached hydrogens (tertiary/aromatic N) is 1. The molecule has 1 aromatic heterocycles. The molecule has 1 aromatic rings. The topological polar surface area (TPSA) is 28.7 Å². The smallest absolute Gasteiger partial charge is 0.133 e. The molecule has 0 radical (unpaired) electrons. The molecule has 0 unspecified atom stereocenters. The van der Waals surface area contributed by atoms with E-state index in [4.69, 9.17) is 0 Å². The zero-order valence-corrected chi connectivity index (χ0v) is 7.43. The molecule has 0 atom stereocenters. The lowest BCUT2D eigenvalue weighted by molar-refractivity contribution is 0.738. The third-order valence-electron chi connectivity index (χ3n) is 2.30. The van der Waals surface area contributed by atoms with E-state index in [0.29, 0.717) is 0 Å². The number of H-pyrrole nitrogens is 1. The van der Waals surface area contributed by atoms with E-state index in [1.807, 2.05) is 13.1 Å². The fourth-order valence-electron chi connectivity index (χ4n) is 1.63. The minimum absolute atomic E-state index is 1.08. The molecule has 2 heteroatoms. The highest BCUT2D eigenvalue weighted by Crippen LogP contribution is 2.24. The minimum Gasteiger partial charge on any atom is -0.342 e. The fraction of sp³-hybridized carbons (Fsp3) is 0.500. The molecule has 1 aliphatic rings. The maximum Gasteiger partial charge on any atom is 0.133 e. The molecule has 1 aliphatic carbocycles. The average Bonchev–Trinajstić information content (AvgIpc) is 2.54. The van der Waals surface area contributed by atoms with Gasteiger partial charge in [0.1, 0.15) is 5.82 Å². The number of hydrogen-bond acceptors (Lipinski definition) is 1. The summed E-state index contributed by atoms with van der Waals surface area (Å²) in [4.78, 5) is 7.58. The van der Waals surface area contributed by atoms with E-state index in [0.717, 1.165) is 11.5 Å². The molecule has 1 N–H and O–H groups in total. The summed E-state index contributed by atoms with van der Waals surface area (Å²) in [5, 5.41) is 0. The number of hydrogen-bond donors (Lipinski definition) is 1. The van der Waals surface area contributed by atoms with Crippen molar-refractivity contribution in [3.8, 4) is 0 Å². The summed E-state index contributed by atoms with van der Waals surface area (Å²) >= 11 is 0. The summed E-state index contributed by atoms with van der Waals surface area (Å²) < 4.78 is 0. The minimum atomic E-state index is 1.08. The number of aromatic amines is 1. The summed E-state index contributed by atoms with van der Waals surface area (Å²) in [5.41, 5.74) is 2.55. The van der Waals surface area contributed by atoms with Gasteiger partial charge in [-0.3, -0.25) is 0 Å². The first kappa shape index (κ1) is 7.59. The van der Waals surface area contributed by atoms with E-state index in [2.05, 4.69) is 16.0 Å². The van der Waals surface area contributed by atoms with Crippen LogP contribution in [0.4, 0.5) is 0 Å². The first-order chi connectivity index (χ1) is 5.86. The number of allylic oxidation sites excluding steroid dienone is 2. The summed E-state index contributed by atoms with van der Waals surface area (Å²) in [5.74, 6) is 1.08. The van der Waals surface area contributed by atoms with Crippen LogP contribution in [0.2, 0.25) is 0 Å². The lowest BCUT2D eigenvalue weighted by Crippen LogP contribution is -1.93. The first-order valence-corrected chi connectivity index (χ1v) is 4.57. The van der Waals surface area contributed by atoms with Gasteiger partial charge in [-0.05, 0) is 38.2 Å². The lowest BCUT2D eigenvalue weighted by atomic mass is 9.99. The van der Waals surface area contributed by atoms with Crippen LogP contribution >= 0.6 is 0 Å². The Morgan fingerprint density at radius 3 is 2.92 bits per heavy atom. The van der Waals surface area contributed by atoms with Crippen LogP contribution in [0.15, 0.2) is 12.3 Å². The van der Waals surface area contributed by atoms with Gasteiger partial charge in [0.2, 0.25) is 0 Å². The molecule has 12 heavy (non-hydrogen) atoms. The summed E-state index contributed by atoms with van der Waals surface area (Å²) in [6.07, 6.45) is 9.25. The van der Waals surface area contributed by atoms with Crippen molar-refractivity contribution < 1.29 is 0 Å². The third-order valence-corrected chi connectivity index (χ3v) is 2.30. The number of imidazole rings is 1. The molecule has 0 saturated heterocycles. The van der Waals surface area contributed by atoms with Crippen LogP contribution in [-0.4, -0.2) is 9.97 Å². The van der Waals surface area contributed by atoms with Crippen LogP contribution in [0.5, 0.6) is 0 Å². The Morgan fingerprint density at radius 2 is 2.33 bits per heavy atom. The van der Waals surface area contributed by atoms with Crippen molar-refractivity contribution in [1.29, 1.82) is 0 Å². The van der Waals surface area contributed by atoms with Crippen LogP contribution in [0, 0.1) is 6.92 Å². The van der Waals surface area contributed by atoms with E-state index in [-0.39, 0.29) is 0 Å². The quantitative estimate of drug-likeness (QED) is 0.675. The second-order valence-corrected chi connectivity index (χ2v) is 3.39. The Morgan fingerprint density at radius 1 is 1.42 bits per heavy atom. The average molecular weight is 162 g/mol. The number of rotatable bonds is 1. The zero-order valence-electron chi connectivity index (χ0n) is 7.43. The van der Waals surface area contributed by atoms with Crippen LogP contribution in [-0.2, 0) is 0 Å². The third kappa shape index (κ3) is 1.42. The van der Waals surface area contributed by atoms with Gasteiger partial charge in [0.05, 0.1) is 0 Å². The molecular formula is C10H14N2. The van der Waals surface area contributed by atoms with Gasteiger partial charge in [0.15, 0.2) is 0 Å². The molecule has 0 bridgehead atoms.